The van der Waals surface area contributed by atoms with Crippen molar-refractivity contribution in [2.45, 2.75) is 13.5 Å². The molecule has 178 valence electrons. The van der Waals surface area contributed by atoms with Crippen LogP contribution in [0.2, 0.25) is 0 Å². The first-order chi connectivity index (χ1) is 16.8. The highest BCUT2D eigenvalue weighted by Crippen LogP contribution is 2.35. The molecule has 3 aromatic carbocycles. The normalized spacial score (nSPS) is 10.9. The van der Waals surface area contributed by atoms with Gasteiger partial charge in [0.1, 0.15) is 24.1 Å². The first kappa shape index (κ1) is 25.7. The highest BCUT2D eigenvalue weighted by molar-refractivity contribution is 14.1. The molecular formula is C26H20FIN2O5. The van der Waals surface area contributed by atoms with E-state index in [0.717, 1.165) is 5.56 Å². The van der Waals surface area contributed by atoms with Gasteiger partial charge in [0.15, 0.2) is 11.5 Å². The van der Waals surface area contributed by atoms with E-state index in [1.165, 1.54) is 42.5 Å². The third-order valence-corrected chi connectivity index (χ3v) is 5.47. The summed E-state index contributed by atoms with van der Waals surface area (Å²) in [5.74, 6) is -1.22. The summed E-state index contributed by atoms with van der Waals surface area (Å²) >= 11 is 2.07. The van der Waals surface area contributed by atoms with Crippen LogP contribution in [0.1, 0.15) is 28.4 Å². The maximum Gasteiger partial charge on any atom is 0.335 e. The smallest absolute Gasteiger partial charge is 0.335 e. The number of nitrogens with one attached hydrogen (secondary N) is 1. The zero-order valence-electron chi connectivity index (χ0n) is 18.5. The summed E-state index contributed by atoms with van der Waals surface area (Å²) in [6.45, 7) is 2.38. The molecular weight excluding hydrogens is 566 g/mol. The maximum atomic E-state index is 13.1. The van der Waals surface area contributed by atoms with Gasteiger partial charge in [-0.3, -0.25) is 4.79 Å². The minimum absolute atomic E-state index is 0.0115. The summed E-state index contributed by atoms with van der Waals surface area (Å²) in [5, 5.41) is 21.2. The lowest BCUT2D eigenvalue weighted by Crippen LogP contribution is -2.14. The van der Waals surface area contributed by atoms with Gasteiger partial charge >= 0.3 is 5.97 Å². The van der Waals surface area contributed by atoms with Gasteiger partial charge in [-0.05, 0) is 89.2 Å². The van der Waals surface area contributed by atoms with Crippen molar-refractivity contribution in [1.29, 1.82) is 5.26 Å². The van der Waals surface area contributed by atoms with Crippen molar-refractivity contribution in [1.82, 2.24) is 0 Å². The van der Waals surface area contributed by atoms with Crippen LogP contribution in [0, 0.1) is 20.7 Å². The molecule has 35 heavy (non-hydrogen) atoms. The molecule has 2 N–H and O–H groups in total. The molecule has 3 rings (SSSR count). The summed E-state index contributed by atoms with van der Waals surface area (Å²) in [7, 11) is 0. The molecule has 0 aliphatic rings. The quantitative estimate of drug-likeness (QED) is 0.191. The van der Waals surface area contributed by atoms with Crippen LogP contribution in [0.15, 0.2) is 66.2 Å². The van der Waals surface area contributed by atoms with E-state index in [-0.39, 0.29) is 29.2 Å². The number of aromatic carboxylic acids is 1. The molecule has 0 heterocycles. The SMILES string of the molecule is CCOc1cc(/C=C(/C#N)C(=O)Nc2cccc(C(=O)O)c2)cc(I)c1OCc1ccc(F)cc1. The Kier molecular flexibility index (Phi) is 8.80. The number of hydrogen-bond donors (Lipinski definition) is 2. The predicted molar refractivity (Wildman–Crippen MR) is 137 cm³/mol. The molecule has 0 fully saturated rings. The Bertz CT molecular complexity index is 1320. The molecule has 3 aromatic rings. The average Bonchev–Trinajstić information content (AvgIpc) is 2.83. The number of benzene rings is 3. The summed E-state index contributed by atoms with van der Waals surface area (Å²) in [6, 6.07) is 17.0. The van der Waals surface area contributed by atoms with Gasteiger partial charge in [0.25, 0.3) is 5.91 Å². The molecule has 0 unspecified atom stereocenters. The van der Waals surface area contributed by atoms with Gasteiger partial charge in [-0.15, -0.1) is 0 Å². The lowest BCUT2D eigenvalue weighted by Gasteiger charge is -2.15. The monoisotopic (exact) mass is 586 g/mol. The summed E-state index contributed by atoms with van der Waals surface area (Å²) < 4.78 is 25.5. The molecule has 0 spiro atoms. The molecule has 0 atom stereocenters. The molecule has 0 bridgehead atoms. The predicted octanol–water partition coefficient (Wildman–Crippen LogP) is 5.65. The summed E-state index contributed by atoms with van der Waals surface area (Å²) in [6.07, 6.45) is 1.41. The van der Waals surface area contributed by atoms with Gasteiger partial charge in [-0.2, -0.15) is 5.26 Å². The number of carbonyl (C=O) groups is 2. The number of nitriles is 1. The lowest BCUT2D eigenvalue weighted by atomic mass is 10.1. The second kappa shape index (κ2) is 12.0. The number of ether oxygens (including phenoxy) is 2. The van der Waals surface area contributed by atoms with E-state index >= 15 is 0 Å². The Labute approximate surface area is 214 Å². The van der Waals surface area contributed by atoms with Crippen LogP contribution >= 0.6 is 22.6 Å². The molecule has 0 aliphatic heterocycles. The summed E-state index contributed by atoms with van der Waals surface area (Å²) in [4.78, 5) is 23.8. The van der Waals surface area contributed by atoms with E-state index in [0.29, 0.717) is 27.2 Å². The lowest BCUT2D eigenvalue weighted by molar-refractivity contribution is -0.112. The standard InChI is InChI=1S/C26H20FIN2O5/c1-2-34-23-12-17(11-22(28)24(23)35-15-16-6-8-20(27)9-7-16)10-19(14-29)25(31)30-21-5-3-4-18(13-21)26(32)33/h3-13H,2,15H2,1H3,(H,30,31)(H,32,33)/b19-10-. The van der Waals surface area contributed by atoms with E-state index in [1.54, 1.807) is 24.3 Å². The van der Waals surface area contributed by atoms with Crippen LogP contribution in [-0.4, -0.2) is 23.6 Å². The van der Waals surface area contributed by atoms with Gasteiger partial charge < -0.3 is 19.9 Å². The Morgan fingerprint density at radius 2 is 1.89 bits per heavy atom. The van der Waals surface area contributed by atoms with Crippen LogP contribution in [0.3, 0.4) is 0 Å². The van der Waals surface area contributed by atoms with Gasteiger partial charge in [0.05, 0.1) is 15.7 Å². The second-order valence-electron chi connectivity index (χ2n) is 7.19. The Hall–Kier alpha value is -3.91. The fourth-order valence-electron chi connectivity index (χ4n) is 3.05. The first-order valence-corrected chi connectivity index (χ1v) is 11.5. The van der Waals surface area contributed by atoms with E-state index in [9.17, 15) is 19.2 Å². The van der Waals surface area contributed by atoms with Gasteiger partial charge in [0, 0.05) is 5.69 Å². The number of halogens is 2. The number of carboxylic acids is 1. The Morgan fingerprint density at radius 1 is 1.14 bits per heavy atom. The van der Waals surface area contributed by atoms with Gasteiger partial charge in [-0.1, -0.05) is 18.2 Å². The fraction of sp³-hybridized carbons (Fsp3) is 0.115. The minimum Gasteiger partial charge on any atom is -0.490 e. The topological polar surface area (TPSA) is 109 Å². The molecule has 0 saturated heterocycles. The third kappa shape index (κ3) is 7.04. The van der Waals surface area contributed by atoms with E-state index in [1.807, 2.05) is 13.0 Å². The first-order valence-electron chi connectivity index (χ1n) is 10.4. The molecule has 0 aliphatic carbocycles. The van der Waals surface area contributed by atoms with Gasteiger partial charge in [-0.25, -0.2) is 9.18 Å². The highest BCUT2D eigenvalue weighted by atomic mass is 127. The fourth-order valence-corrected chi connectivity index (χ4v) is 3.84. The van der Waals surface area contributed by atoms with Crippen LogP contribution < -0.4 is 14.8 Å². The van der Waals surface area contributed by atoms with Crippen LogP contribution in [0.4, 0.5) is 10.1 Å². The zero-order chi connectivity index (χ0) is 25.4. The van der Waals surface area contributed by atoms with Crippen molar-refractivity contribution in [2.24, 2.45) is 0 Å². The van der Waals surface area contributed by atoms with Crippen molar-refractivity contribution in [3.8, 4) is 17.6 Å². The molecule has 9 heteroatoms. The van der Waals surface area contributed by atoms with Crippen LogP contribution in [0.25, 0.3) is 6.08 Å². The van der Waals surface area contributed by atoms with Crippen LogP contribution in [-0.2, 0) is 11.4 Å². The number of anilines is 1. The molecule has 1 amide bonds. The van der Waals surface area contributed by atoms with Crippen LogP contribution in [0.5, 0.6) is 11.5 Å². The Balaban J connectivity index is 1.84. The Morgan fingerprint density at radius 3 is 2.54 bits per heavy atom. The number of amides is 1. The van der Waals surface area contributed by atoms with Crippen molar-refractivity contribution in [2.75, 3.05) is 11.9 Å². The average molecular weight is 586 g/mol. The van der Waals surface area contributed by atoms with Gasteiger partial charge in [0.2, 0.25) is 0 Å². The van der Waals surface area contributed by atoms with Crippen molar-refractivity contribution in [3.05, 3.63) is 92.3 Å². The highest BCUT2D eigenvalue weighted by Gasteiger charge is 2.15. The number of rotatable bonds is 9. The summed E-state index contributed by atoms with van der Waals surface area (Å²) in [5.41, 5.74) is 1.41. The van der Waals surface area contributed by atoms with Crippen molar-refractivity contribution < 1.29 is 28.6 Å². The number of hydrogen-bond acceptors (Lipinski definition) is 5. The molecule has 0 saturated carbocycles. The maximum absolute atomic E-state index is 13.1. The van der Waals surface area contributed by atoms with Crippen molar-refractivity contribution >= 4 is 46.2 Å². The van der Waals surface area contributed by atoms with E-state index in [4.69, 9.17) is 14.6 Å². The minimum atomic E-state index is -1.13. The second-order valence-corrected chi connectivity index (χ2v) is 8.35. The zero-order valence-corrected chi connectivity index (χ0v) is 20.7. The molecule has 0 radical (unpaired) electrons. The largest absolute Gasteiger partial charge is 0.490 e. The third-order valence-electron chi connectivity index (χ3n) is 4.67. The molecule has 7 nitrogen and oxygen atoms in total. The number of carboxylic acid groups (broad SMARTS) is 1. The van der Waals surface area contributed by atoms with Crippen molar-refractivity contribution in [3.63, 3.8) is 0 Å². The number of nitrogens with zero attached hydrogens (tertiary/aromatic N) is 1. The van der Waals surface area contributed by atoms with E-state index < -0.39 is 11.9 Å². The number of carbonyl (C=O) groups excluding carboxylic acids is 1. The molecule has 0 aromatic heterocycles. The van der Waals surface area contributed by atoms with E-state index in [2.05, 4.69) is 27.9 Å².